The predicted molar refractivity (Wildman–Crippen MR) is 53.2 cm³/mol. The monoisotopic (exact) mass is 352 g/mol. The largest absolute Gasteiger partial charge is 0.267 e. The number of primary sulfonamides is 1. The Morgan fingerprint density at radius 2 is 2.00 bits per heavy atom. The fourth-order valence-corrected chi connectivity index (χ4v) is 2.59. The number of sulfonamides is 1. The molecule has 0 atom stereocenters. The van der Waals surface area contributed by atoms with Crippen molar-refractivity contribution in [1.82, 2.24) is 4.98 Å². The summed E-state index contributed by atoms with van der Waals surface area (Å²) >= 11 is 1.38. The molecule has 84 valence electrons. The number of hydrogen-bond acceptors (Lipinski definition) is 3. The van der Waals surface area contributed by atoms with E-state index in [1.54, 1.807) is 0 Å². The van der Waals surface area contributed by atoms with Crippen LogP contribution < -0.4 is 5.14 Å². The second-order valence-corrected chi connectivity index (χ2v) is 5.01. The van der Waals surface area contributed by atoms with Crippen molar-refractivity contribution in [1.29, 1.82) is 0 Å². The Bertz CT molecular complexity index is 491. The first-order valence-electron chi connectivity index (χ1n) is 3.40. The number of nitrogens with two attached hydrogens (primary N) is 1. The molecule has 0 aromatic carbocycles. The van der Waals surface area contributed by atoms with Gasteiger partial charge in [0, 0.05) is 0 Å². The van der Waals surface area contributed by atoms with Crippen LogP contribution in [0.25, 0.3) is 0 Å². The van der Waals surface area contributed by atoms with E-state index in [2.05, 4.69) is 10.1 Å². The Balaban J connectivity index is 3.68. The van der Waals surface area contributed by atoms with Crippen molar-refractivity contribution in [3.05, 3.63) is 21.3 Å². The topological polar surface area (TPSA) is 73.1 Å². The van der Waals surface area contributed by atoms with Crippen molar-refractivity contribution in [3.8, 4) is 0 Å². The maximum absolute atomic E-state index is 13.0. The van der Waals surface area contributed by atoms with Crippen molar-refractivity contribution in [3.63, 3.8) is 0 Å². The fourth-order valence-electron chi connectivity index (χ4n) is 0.942. The highest BCUT2D eigenvalue weighted by Crippen LogP contribution is 2.30. The van der Waals surface area contributed by atoms with E-state index in [0.29, 0.717) is 6.20 Å². The van der Waals surface area contributed by atoms with Crippen molar-refractivity contribution < 1.29 is 21.6 Å². The van der Waals surface area contributed by atoms with Gasteiger partial charge >= 0.3 is 0 Å². The summed E-state index contributed by atoms with van der Waals surface area (Å²) in [5, 5.41) is 4.63. The van der Waals surface area contributed by atoms with E-state index in [9.17, 15) is 21.6 Å². The Morgan fingerprint density at radius 1 is 1.47 bits per heavy atom. The smallest absolute Gasteiger partial charge is 0.247 e. The van der Waals surface area contributed by atoms with Crippen molar-refractivity contribution in [2.45, 2.75) is 11.3 Å². The number of aromatic nitrogens is 1. The van der Waals surface area contributed by atoms with Gasteiger partial charge in [0.2, 0.25) is 10.0 Å². The number of alkyl halides is 2. The van der Waals surface area contributed by atoms with Crippen LogP contribution in [0.2, 0.25) is 0 Å². The number of rotatable bonds is 2. The molecule has 0 saturated heterocycles. The first kappa shape index (κ1) is 12.6. The van der Waals surface area contributed by atoms with Gasteiger partial charge < -0.3 is 0 Å². The zero-order chi connectivity index (χ0) is 11.8. The maximum atomic E-state index is 13.0. The van der Waals surface area contributed by atoms with Crippen molar-refractivity contribution >= 4 is 32.6 Å². The molecule has 2 N–H and O–H groups in total. The minimum absolute atomic E-state index is 0.298. The van der Waals surface area contributed by atoms with Gasteiger partial charge in [-0.3, -0.25) is 0 Å². The standard InChI is InChI=1S/C6H4F3IN2O2S/c7-2-1-12-6(10)3(5(8)9)4(2)15(11,13)14/h1,5H,(H2,11,13,14). The van der Waals surface area contributed by atoms with E-state index >= 15 is 0 Å². The Kier molecular flexibility index (Phi) is 3.55. The second kappa shape index (κ2) is 4.22. The molecule has 0 amide bonds. The van der Waals surface area contributed by atoms with Crippen molar-refractivity contribution in [2.24, 2.45) is 5.14 Å². The third-order valence-corrected chi connectivity index (χ3v) is 3.32. The van der Waals surface area contributed by atoms with E-state index in [4.69, 9.17) is 0 Å². The minimum atomic E-state index is -4.53. The molecule has 0 radical (unpaired) electrons. The van der Waals surface area contributed by atoms with Crippen LogP contribution in [-0.4, -0.2) is 13.4 Å². The Morgan fingerprint density at radius 3 is 2.33 bits per heavy atom. The third-order valence-electron chi connectivity index (χ3n) is 1.48. The molecule has 9 heteroatoms. The van der Waals surface area contributed by atoms with E-state index in [0.717, 1.165) is 0 Å². The molecule has 0 fully saturated rings. The van der Waals surface area contributed by atoms with E-state index < -0.39 is 32.7 Å². The number of hydrogen-bond donors (Lipinski definition) is 1. The first-order chi connectivity index (χ1) is 6.75. The molecule has 4 nitrogen and oxygen atoms in total. The van der Waals surface area contributed by atoms with Crippen LogP contribution in [0.5, 0.6) is 0 Å². The summed E-state index contributed by atoms with van der Waals surface area (Å²) in [5.74, 6) is -1.38. The molecular weight excluding hydrogens is 348 g/mol. The summed E-state index contributed by atoms with van der Waals surface area (Å²) in [7, 11) is -4.53. The predicted octanol–water partition coefficient (Wildman–Crippen LogP) is 1.41. The molecule has 0 spiro atoms. The maximum Gasteiger partial charge on any atom is 0.267 e. The van der Waals surface area contributed by atoms with Gasteiger partial charge in [-0.05, 0) is 22.6 Å². The number of halogens is 4. The van der Waals surface area contributed by atoms with Gasteiger partial charge in [-0.1, -0.05) is 0 Å². The molecule has 0 saturated carbocycles. The van der Waals surface area contributed by atoms with Gasteiger partial charge in [0.15, 0.2) is 5.82 Å². The van der Waals surface area contributed by atoms with Crippen LogP contribution in [0.4, 0.5) is 13.2 Å². The Hall–Kier alpha value is -0.420. The summed E-state index contributed by atoms with van der Waals surface area (Å²) in [4.78, 5) is 2.09. The van der Waals surface area contributed by atoms with Gasteiger partial charge in [0.25, 0.3) is 6.43 Å². The molecule has 1 aromatic heterocycles. The minimum Gasteiger partial charge on any atom is -0.247 e. The van der Waals surface area contributed by atoms with Gasteiger partial charge in [-0.25, -0.2) is 31.7 Å². The molecule has 1 aromatic rings. The third kappa shape index (κ3) is 2.58. The second-order valence-electron chi connectivity index (χ2n) is 2.49. The lowest BCUT2D eigenvalue weighted by Gasteiger charge is -2.08. The van der Waals surface area contributed by atoms with Crippen LogP contribution in [0.15, 0.2) is 11.1 Å². The van der Waals surface area contributed by atoms with Crippen LogP contribution in [0.1, 0.15) is 12.0 Å². The average molecular weight is 352 g/mol. The number of pyridine rings is 1. The zero-order valence-electron chi connectivity index (χ0n) is 6.92. The number of nitrogens with zero attached hydrogens (tertiary/aromatic N) is 1. The Labute approximate surface area is 96.9 Å². The lowest BCUT2D eigenvalue weighted by Crippen LogP contribution is -2.18. The normalized spacial score (nSPS) is 12.1. The lowest BCUT2D eigenvalue weighted by molar-refractivity contribution is 0.145. The van der Waals surface area contributed by atoms with Gasteiger partial charge in [-0.15, -0.1) is 0 Å². The van der Waals surface area contributed by atoms with Gasteiger partial charge in [-0.2, -0.15) is 0 Å². The van der Waals surface area contributed by atoms with Crippen LogP contribution in [-0.2, 0) is 10.0 Å². The van der Waals surface area contributed by atoms with E-state index in [1.807, 2.05) is 0 Å². The quantitative estimate of drug-likeness (QED) is 0.646. The highest BCUT2D eigenvalue weighted by Gasteiger charge is 2.28. The molecule has 0 aliphatic rings. The summed E-state index contributed by atoms with van der Waals surface area (Å²) in [5.41, 5.74) is -1.00. The highest BCUT2D eigenvalue weighted by molar-refractivity contribution is 14.1. The molecular formula is C6H4F3IN2O2S. The lowest BCUT2D eigenvalue weighted by atomic mass is 10.3. The fraction of sp³-hybridized carbons (Fsp3) is 0.167. The summed E-state index contributed by atoms with van der Waals surface area (Å²) < 4.78 is 59.5. The summed E-state index contributed by atoms with van der Waals surface area (Å²) in [6.07, 6.45) is -2.62. The van der Waals surface area contributed by atoms with Crippen LogP contribution in [0.3, 0.4) is 0 Å². The molecule has 0 bridgehead atoms. The van der Waals surface area contributed by atoms with Gasteiger partial charge in [0.1, 0.15) is 8.60 Å². The molecule has 15 heavy (non-hydrogen) atoms. The zero-order valence-corrected chi connectivity index (χ0v) is 9.89. The molecule has 0 unspecified atom stereocenters. The van der Waals surface area contributed by atoms with Crippen LogP contribution in [0, 0.1) is 9.52 Å². The molecule has 1 heterocycles. The van der Waals surface area contributed by atoms with E-state index in [-0.39, 0.29) is 3.70 Å². The van der Waals surface area contributed by atoms with Gasteiger partial charge in [0.05, 0.1) is 11.8 Å². The SMILES string of the molecule is NS(=O)(=O)c1c(F)cnc(I)c1C(F)F. The van der Waals surface area contributed by atoms with E-state index in [1.165, 1.54) is 22.6 Å². The highest BCUT2D eigenvalue weighted by atomic mass is 127. The molecule has 0 aliphatic carbocycles. The van der Waals surface area contributed by atoms with Crippen molar-refractivity contribution in [2.75, 3.05) is 0 Å². The summed E-state index contributed by atoms with van der Waals surface area (Å²) in [6, 6.07) is 0. The average Bonchev–Trinajstić information content (AvgIpc) is 2.05. The first-order valence-corrected chi connectivity index (χ1v) is 6.02. The molecule has 0 aliphatic heterocycles. The van der Waals surface area contributed by atoms with Crippen LogP contribution >= 0.6 is 22.6 Å². The summed E-state index contributed by atoms with van der Waals surface area (Å²) in [6.45, 7) is 0. The molecule has 1 rings (SSSR count).